The van der Waals surface area contributed by atoms with Crippen molar-refractivity contribution in [1.82, 2.24) is 0 Å². The second-order valence-corrected chi connectivity index (χ2v) is 5.11. The van der Waals surface area contributed by atoms with Gasteiger partial charge < -0.3 is 10.2 Å². The Morgan fingerprint density at radius 2 is 1.05 bits per heavy atom. The van der Waals surface area contributed by atoms with Gasteiger partial charge in [0.2, 0.25) is 0 Å². The highest BCUT2D eigenvalue weighted by Crippen LogP contribution is 2.41. The molecule has 2 aromatic carbocycles. The number of carbonyl (C=O) groups is 2. The fraction of sp³-hybridized carbons (Fsp3) is 0. The van der Waals surface area contributed by atoms with Crippen molar-refractivity contribution in [1.29, 1.82) is 0 Å². The summed E-state index contributed by atoms with van der Waals surface area (Å²) in [6, 6.07) is 5.29. The van der Waals surface area contributed by atoms with E-state index in [2.05, 4.69) is 0 Å². The van der Waals surface area contributed by atoms with Crippen LogP contribution < -0.4 is 0 Å². The van der Waals surface area contributed by atoms with E-state index < -0.39 is 23.1 Å². The van der Waals surface area contributed by atoms with Crippen molar-refractivity contribution < 1.29 is 19.8 Å². The zero-order valence-electron chi connectivity index (χ0n) is 9.78. The average molecular weight is 309 g/mol. The zero-order valence-corrected chi connectivity index (χ0v) is 11.3. The number of ketones is 2. The number of carbonyl (C=O) groups excluding carboxylic acids is 2. The first-order chi connectivity index (χ1) is 9.43. The molecule has 0 saturated carbocycles. The normalized spacial score (nSPS) is 13.1. The quantitative estimate of drug-likeness (QED) is 0.669. The Hall–Kier alpha value is -2.04. The van der Waals surface area contributed by atoms with E-state index in [1.54, 1.807) is 0 Å². The Morgan fingerprint density at radius 3 is 1.40 bits per heavy atom. The number of halogens is 2. The molecule has 0 aromatic heterocycles. The summed E-state index contributed by atoms with van der Waals surface area (Å²) in [7, 11) is 0. The third-order valence-corrected chi connectivity index (χ3v) is 3.81. The van der Waals surface area contributed by atoms with E-state index in [9.17, 15) is 19.8 Å². The lowest BCUT2D eigenvalue weighted by molar-refractivity contribution is 0.0974. The van der Waals surface area contributed by atoms with E-state index >= 15 is 0 Å². The summed E-state index contributed by atoms with van der Waals surface area (Å²) in [5, 5.41) is 19.7. The summed E-state index contributed by atoms with van der Waals surface area (Å²) in [6.07, 6.45) is 0. The van der Waals surface area contributed by atoms with Gasteiger partial charge in [0.05, 0.1) is 21.2 Å². The number of hydrogen-bond acceptors (Lipinski definition) is 4. The lowest BCUT2D eigenvalue weighted by Gasteiger charge is -2.19. The molecule has 0 atom stereocenters. The minimum Gasteiger partial charge on any atom is -0.506 e. The first-order valence-electron chi connectivity index (χ1n) is 5.55. The SMILES string of the molecule is O=C1c2ccc(Cl)c(O)c2C(=O)c2ccc(Cl)c(O)c21. The largest absolute Gasteiger partial charge is 0.506 e. The van der Waals surface area contributed by atoms with Crippen LogP contribution in [0.15, 0.2) is 24.3 Å². The van der Waals surface area contributed by atoms with Crippen LogP contribution in [0.25, 0.3) is 0 Å². The van der Waals surface area contributed by atoms with Gasteiger partial charge in [0.1, 0.15) is 11.5 Å². The van der Waals surface area contributed by atoms with Gasteiger partial charge in [0, 0.05) is 11.1 Å². The standard InChI is InChI=1S/C14H6Cl2O4/c15-7-3-1-5-9(13(7)19)12(18)6-2-4-8(16)14(20)10(6)11(5)17/h1-4,19-20H. The smallest absolute Gasteiger partial charge is 0.198 e. The third kappa shape index (κ3) is 1.55. The van der Waals surface area contributed by atoms with Gasteiger partial charge in [0.15, 0.2) is 11.6 Å². The predicted octanol–water partition coefficient (Wildman–Crippen LogP) is 3.18. The molecule has 0 amide bonds. The second-order valence-electron chi connectivity index (χ2n) is 4.30. The molecule has 0 unspecified atom stereocenters. The van der Waals surface area contributed by atoms with Gasteiger partial charge in [-0.3, -0.25) is 9.59 Å². The predicted molar refractivity (Wildman–Crippen MR) is 73.1 cm³/mol. The minimum absolute atomic E-state index is 0.0121. The second kappa shape index (κ2) is 4.23. The monoisotopic (exact) mass is 308 g/mol. The number of phenolic OH excluding ortho intramolecular Hbond substituents is 2. The number of fused-ring (bicyclic) bond motifs is 2. The highest BCUT2D eigenvalue weighted by Gasteiger charge is 2.35. The lowest BCUT2D eigenvalue weighted by Crippen LogP contribution is -2.21. The number of hydrogen-bond donors (Lipinski definition) is 2. The Morgan fingerprint density at radius 1 is 0.700 bits per heavy atom. The molecular weight excluding hydrogens is 303 g/mol. The Bertz CT molecular complexity index is 729. The van der Waals surface area contributed by atoms with E-state index in [0.29, 0.717) is 0 Å². The van der Waals surface area contributed by atoms with Crippen molar-refractivity contribution in [2.24, 2.45) is 0 Å². The van der Waals surface area contributed by atoms with Crippen LogP contribution in [0.1, 0.15) is 31.8 Å². The molecule has 4 nitrogen and oxygen atoms in total. The van der Waals surface area contributed by atoms with Gasteiger partial charge in [-0.05, 0) is 24.3 Å². The molecule has 1 aliphatic rings. The maximum Gasteiger partial charge on any atom is 0.198 e. The topological polar surface area (TPSA) is 74.6 Å². The number of benzene rings is 2. The summed E-state index contributed by atoms with van der Waals surface area (Å²) < 4.78 is 0. The maximum absolute atomic E-state index is 12.4. The van der Waals surface area contributed by atoms with Crippen molar-refractivity contribution in [2.45, 2.75) is 0 Å². The van der Waals surface area contributed by atoms with Crippen LogP contribution in [0.4, 0.5) is 0 Å². The molecule has 1 aliphatic carbocycles. The molecule has 20 heavy (non-hydrogen) atoms. The average Bonchev–Trinajstić information content (AvgIpc) is 2.42. The summed E-state index contributed by atoms with van der Waals surface area (Å²) >= 11 is 11.5. The van der Waals surface area contributed by atoms with Crippen LogP contribution in [0, 0.1) is 0 Å². The summed E-state index contributed by atoms with van der Waals surface area (Å²) in [5.74, 6) is -2.05. The number of aromatic hydroxyl groups is 2. The molecule has 0 bridgehead atoms. The van der Waals surface area contributed by atoms with E-state index in [4.69, 9.17) is 23.2 Å². The van der Waals surface area contributed by atoms with Gasteiger partial charge >= 0.3 is 0 Å². The van der Waals surface area contributed by atoms with E-state index in [1.807, 2.05) is 0 Å². The van der Waals surface area contributed by atoms with Crippen molar-refractivity contribution >= 4 is 34.8 Å². The van der Waals surface area contributed by atoms with Gasteiger partial charge in [-0.1, -0.05) is 23.2 Å². The van der Waals surface area contributed by atoms with Crippen molar-refractivity contribution in [3.05, 3.63) is 56.6 Å². The van der Waals surface area contributed by atoms with Crippen LogP contribution in [0.3, 0.4) is 0 Å². The first-order valence-corrected chi connectivity index (χ1v) is 6.31. The lowest BCUT2D eigenvalue weighted by atomic mass is 9.83. The highest BCUT2D eigenvalue weighted by atomic mass is 35.5. The molecule has 0 saturated heterocycles. The molecule has 3 rings (SSSR count). The molecule has 2 aromatic rings. The molecule has 6 heteroatoms. The number of phenols is 2. The number of rotatable bonds is 0. The molecule has 2 N–H and O–H groups in total. The first kappa shape index (κ1) is 13.0. The molecule has 0 aliphatic heterocycles. The minimum atomic E-state index is -0.582. The molecule has 0 spiro atoms. The summed E-state index contributed by atoms with van der Waals surface area (Å²) in [4.78, 5) is 24.7. The Kier molecular flexibility index (Phi) is 2.74. The Balaban J connectivity index is 2.40. The van der Waals surface area contributed by atoms with E-state index in [1.165, 1.54) is 24.3 Å². The van der Waals surface area contributed by atoms with Crippen LogP contribution in [0.2, 0.25) is 10.0 Å². The van der Waals surface area contributed by atoms with Gasteiger partial charge in [-0.15, -0.1) is 0 Å². The molecule has 0 heterocycles. The fourth-order valence-corrected chi connectivity index (χ4v) is 2.55. The van der Waals surface area contributed by atoms with Gasteiger partial charge in [-0.2, -0.15) is 0 Å². The summed E-state index contributed by atoms with van der Waals surface area (Å²) in [5.41, 5.74) is -0.336. The van der Waals surface area contributed by atoms with E-state index in [0.717, 1.165) is 0 Å². The summed E-state index contributed by atoms with van der Waals surface area (Å²) in [6.45, 7) is 0. The maximum atomic E-state index is 12.4. The zero-order chi connectivity index (χ0) is 14.6. The van der Waals surface area contributed by atoms with Crippen molar-refractivity contribution in [3.8, 4) is 11.5 Å². The van der Waals surface area contributed by atoms with Gasteiger partial charge in [-0.25, -0.2) is 0 Å². The molecular formula is C14H6Cl2O4. The molecule has 0 fully saturated rings. The molecule has 100 valence electrons. The molecule has 0 radical (unpaired) electrons. The highest BCUT2D eigenvalue weighted by molar-refractivity contribution is 6.37. The van der Waals surface area contributed by atoms with Crippen LogP contribution in [0.5, 0.6) is 11.5 Å². The van der Waals surface area contributed by atoms with E-state index in [-0.39, 0.29) is 32.3 Å². The fourth-order valence-electron chi connectivity index (χ4n) is 2.24. The van der Waals surface area contributed by atoms with Crippen molar-refractivity contribution in [3.63, 3.8) is 0 Å². The van der Waals surface area contributed by atoms with Crippen LogP contribution >= 0.6 is 23.2 Å². The third-order valence-electron chi connectivity index (χ3n) is 3.20. The van der Waals surface area contributed by atoms with Gasteiger partial charge in [0.25, 0.3) is 0 Å². The van der Waals surface area contributed by atoms with Crippen LogP contribution in [-0.4, -0.2) is 21.8 Å². The van der Waals surface area contributed by atoms with Crippen molar-refractivity contribution in [2.75, 3.05) is 0 Å². The van der Waals surface area contributed by atoms with Crippen LogP contribution in [-0.2, 0) is 0 Å². The Labute approximate surface area is 123 Å².